The highest BCUT2D eigenvalue weighted by Gasteiger charge is 2.28. The highest BCUT2D eigenvalue weighted by atomic mass is 19.1. The Hall–Kier alpha value is -3.04. The molecule has 158 valence electrons. The Kier molecular flexibility index (Phi) is 7.85. The van der Waals surface area contributed by atoms with Crippen LogP contribution in [-0.2, 0) is 16.0 Å². The number of hydrogen-bond acceptors (Lipinski definition) is 4. The molecule has 0 bridgehead atoms. The zero-order chi connectivity index (χ0) is 22.4. The van der Waals surface area contributed by atoms with Crippen molar-refractivity contribution in [2.45, 2.75) is 26.2 Å². The van der Waals surface area contributed by atoms with Crippen LogP contribution in [0, 0.1) is 25.5 Å². The van der Waals surface area contributed by atoms with E-state index in [2.05, 4.69) is 11.9 Å². The number of hydrogen-bond donors (Lipinski definition) is 3. The van der Waals surface area contributed by atoms with Gasteiger partial charge in [-0.1, -0.05) is 30.3 Å². The molecule has 2 rings (SSSR count). The maximum absolute atomic E-state index is 14.1. The molecule has 0 aliphatic rings. The van der Waals surface area contributed by atoms with Crippen molar-refractivity contribution in [1.29, 1.82) is 0 Å². The zero-order valence-corrected chi connectivity index (χ0v) is 16.7. The minimum Gasteiger partial charge on any atom is -0.426 e. The lowest BCUT2D eigenvalue weighted by molar-refractivity contribution is -0.122. The van der Waals surface area contributed by atoms with Crippen molar-refractivity contribution in [3.63, 3.8) is 0 Å². The number of nitrogens with one attached hydrogen (secondary N) is 1. The minimum absolute atomic E-state index is 0.124. The van der Waals surface area contributed by atoms with Crippen molar-refractivity contribution in [3.05, 3.63) is 77.4 Å². The molecule has 9 heteroatoms. The third-order valence-corrected chi connectivity index (χ3v) is 4.59. The second-order valence-corrected chi connectivity index (χ2v) is 6.95. The van der Waals surface area contributed by atoms with Crippen molar-refractivity contribution >= 4 is 24.6 Å². The van der Waals surface area contributed by atoms with Crippen LogP contribution in [0.1, 0.15) is 16.7 Å². The summed E-state index contributed by atoms with van der Waals surface area (Å²) < 4.78 is 27.7. The summed E-state index contributed by atoms with van der Waals surface area (Å²) in [5.74, 6) is -4.35. The van der Waals surface area contributed by atoms with E-state index in [1.165, 1.54) is 0 Å². The summed E-state index contributed by atoms with van der Waals surface area (Å²) in [6, 6.07) is 8.13. The average Bonchev–Trinajstić information content (AvgIpc) is 2.68. The molecule has 3 N–H and O–H groups in total. The van der Waals surface area contributed by atoms with Crippen LogP contribution in [0.15, 0.2) is 49.1 Å². The van der Waals surface area contributed by atoms with Crippen LogP contribution in [0.25, 0.3) is 0 Å². The molecule has 2 amide bonds. The molecular formula is C21H23BF2N2O4. The Labute approximate surface area is 174 Å². The second kappa shape index (κ2) is 10.1. The number of rotatable bonds is 8. The summed E-state index contributed by atoms with van der Waals surface area (Å²) >= 11 is 0. The summed E-state index contributed by atoms with van der Waals surface area (Å²) in [6.45, 7) is 6.43. The maximum Gasteiger partial charge on any atom is 0.475 e. The smallest absolute Gasteiger partial charge is 0.426 e. The molecule has 0 radical (unpaired) electrons. The van der Waals surface area contributed by atoms with Crippen LogP contribution in [-0.4, -0.2) is 41.5 Å². The summed E-state index contributed by atoms with van der Waals surface area (Å²) in [5, 5.41) is 21.8. The van der Waals surface area contributed by atoms with Crippen molar-refractivity contribution in [1.82, 2.24) is 5.32 Å². The fourth-order valence-electron chi connectivity index (χ4n) is 3.02. The third-order valence-electron chi connectivity index (χ3n) is 4.59. The third kappa shape index (κ3) is 5.98. The van der Waals surface area contributed by atoms with Gasteiger partial charge in [0, 0.05) is 6.07 Å². The predicted molar refractivity (Wildman–Crippen MR) is 111 cm³/mol. The predicted octanol–water partition coefficient (Wildman–Crippen LogP) is 1.84. The normalized spacial score (nSPS) is 11.5. The number of carbonyl (C=O) groups excluding carboxylic acids is 2. The molecule has 0 aliphatic carbocycles. The number of aryl methyl sites for hydroxylation is 2. The van der Waals surface area contributed by atoms with E-state index >= 15 is 0 Å². The monoisotopic (exact) mass is 416 g/mol. The standard InChI is InChI=1S/C21H23BF2N2O4/c1-4-21(28)26(18-11-16(23)7-8-17(18)24)12-20(27)25-19(22(29)30)10-15-6-5-13(2)9-14(15)3/h4-9,11,19,29-30H,1,10,12H2,2-3H3,(H,25,27)/t19-/m0/s1. The van der Waals surface area contributed by atoms with Crippen LogP contribution >= 0.6 is 0 Å². The summed E-state index contributed by atoms with van der Waals surface area (Å²) in [7, 11) is -1.87. The highest BCUT2D eigenvalue weighted by molar-refractivity contribution is 6.43. The summed E-state index contributed by atoms with van der Waals surface area (Å²) in [4.78, 5) is 25.4. The Bertz CT molecular complexity index is 953. The first kappa shape index (κ1) is 23.2. The van der Waals surface area contributed by atoms with Gasteiger partial charge < -0.3 is 15.4 Å². The molecule has 0 heterocycles. The lowest BCUT2D eigenvalue weighted by Gasteiger charge is -2.24. The van der Waals surface area contributed by atoms with E-state index in [4.69, 9.17) is 0 Å². The van der Waals surface area contributed by atoms with Crippen LogP contribution in [0.2, 0.25) is 0 Å². The van der Waals surface area contributed by atoms with Crippen molar-refractivity contribution in [3.8, 4) is 0 Å². The van der Waals surface area contributed by atoms with Crippen LogP contribution in [0.3, 0.4) is 0 Å². The molecule has 1 atom stereocenters. The number of nitrogens with zero attached hydrogens (tertiary/aromatic N) is 1. The van der Waals surface area contributed by atoms with E-state index in [1.807, 2.05) is 32.0 Å². The molecule has 2 aromatic carbocycles. The molecule has 0 saturated heterocycles. The van der Waals surface area contributed by atoms with Crippen molar-refractivity contribution < 1.29 is 28.4 Å². The van der Waals surface area contributed by atoms with Gasteiger partial charge in [0.1, 0.15) is 18.2 Å². The van der Waals surface area contributed by atoms with Gasteiger partial charge in [-0.3, -0.25) is 14.5 Å². The number of anilines is 1. The van der Waals surface area contributed by atoms with E-state index in [0.717, 1.165) is 45.9 Å². The Balaban J connectivity index is 2.20. The first-order valence-electron chi connectivity index (χ1n) is 9.23. The van der Waals surface area contributed by atoms with Gasteiger partial charge in [0.05, 0.1) is 11.6 Å². The van der Waals surface area contributed by atoms with Gasteiger partial charge in [-0.2, -0.15) is 0 Å². The van der Waals surface area contributed by atoms with Crippen molar-refractivity contribution in [2.24, 2.45) is 0 Å². The van der Waals surface area contributed by atoms with E-state index in [-0.39, 0.29) is 6.42 Å². The van der Waals surface area contributed by atoms with Gasteiger partial charge in [-0.05, 0) is 49.6 Å². The molecule has 0 fully saturated rings. The van der Waals surface area contributed by atoms with Crippen LogP contribution in [0.5, 0.6) is 0 Å². The molecule has 30 heavy (non-hydrogen) atoms. The first-order valence-corrected chi connectivity index (χ1v) is 9.23. The molecule has 0 aliphatic heterocycles. The van der Waals surface area contributed by atoms with Gasteiger partial charge in [0.15, 0.2) is 0 Å². The number of benzene rings is 2. The molecular weight excluding hydrogens is 393 g/mol. The van der Waals surface area contributed by atoms with Gasteiger partial charge in [-0.15, -0.1) is 0 Å². The Morgan fingerprint density at radius 1 is 1.20 bits per heavy atom. The largest absolute Gasteiger partial charge is 0.475 e. The van der Waals surface area contributed by atoms with Crippen molar-refractivity contribution in [2.75, 3.05) is 11.4 Å². The number of amides is 2. The Morgan fingerprint density at radius 3 is 2.50 bits per heavy atom. The van der Waals surface area contributed by atoms with Gasteiger partial charge >= 0.3 is 7.12 Å². The molecule has 0 unspecified atom stereocenters. The summed E-state index contributed by atoms with van der Waals surface area (Å²) in [5.41, 5.74) is 2.33. The fourth-order valence-corrected chi connectivity index (χ4v) is 3.02. The number of carbonyl (C=O) groups is 2. The molecule has 0 aromatic heterocycles. The summed E-state index contributed by atoms with van der Waals surface area (Å²) in [6.07, 6.45) is 0.991. The minimum atomic E-state index is -1.87. The van der Waals surface area contributed by atoms with E-state index < -0.39 is 48.7 Å². The molecule has 0 saturated carbocycles. The maximum atomic E-state index is 14.1. The quantitative estimate of drug-likeness (QED) is 0.453. The fraction of sp³-hybridized carbons (Fsp3) is 0.238. The van der Waals surface area contributed by atoms with E-state index in [9.17, 15) is 28.4 Å². The topological polar surface area (TPSA) is 89.9 Å². The Morgan fingerprint density at radius 2 is 1.90 bits per heavy atom. The average molecular weight is 416 g/mol. The zero-order valence-electron chi connectivity index (χ0n) is 16.7. The first-order chi connectivity index (χ1) is 14.1. The molecule has 6 nitrogen and oxygen atoms in total. The highest BCUT2D eigenvalue weighted by Crippen LogP contribution is 2.21. The lowest BCUT2D eigenvalue weighted by Crippen LogP contribution is -2.51. The van der Waals surface area contributed by atoms with Crippen LogP contribution in [0.4, 0.5) is 14.5 Å². The van der Waals surface area contributed by atoms with Gasteiger partial charge in [0.2, 0.25) is 5.91 Å². The molecule has 0 spiro atoms. The SMILES string of the molecule is C=CC(=O)N(CC(=O)N[C@@H](Cc1ccc(C)cc1C)B(O)O)c1cc(F)ccc1F. The van der Waals surface area contributed by atoms with Gasteiger partial charge in [0.25, 0.3) is 5.91 Å². The van der Waals surface area contributed by atoms with Gasteiger partial charge in [-0.25, -0.2) is 8.78 Å². The van der Waals surface area contributed by atoms with Crippen LogP contribution < -0.4 is 10.2 Å². The molecule has 2 aromatic rings. The number of halogens is 2. The van der Waals surface area contributed by atoms with E-state index in [1.54, 1.807) is 0 Å². The van der Waals surface area contributed by atoms with E-state index in [0.29, 0.717) is 0 Å². The second-order valence-electron chi connectivity index (χ2n) is 6.95. The lowest BCUT2D eigenvalue weighted by atomic mass is 9.75.